The molecule has 1 aliphatic heterocycles. The second kappa shape index (κ2) is 10.5. The molecule has 3 atom stereocenters. The Morgan fingerprint density at radius 2 is 1.91 bits per heavy atom. The summed E-state index contributed by atoms with van der Waals surface area (Å²) in [6.45, 7) is 2.08. The number of benzene rings is 1. The first kappa shape index (κ1) is 27.3. The summed E-state index contributed by atoms with van der Waals surface area (Å²) in [7, 11) is 1.65. The van der Waals surface area contributed by atoms with Crippen LogP contribution in [-0.2, 0) is 13.1 Å². The van der Waals surface area contributed by atoms with Crippen molar-refractivity contribution in [3.8, 4) is 23.1 Å². The van der Waals surface area contributed by atoms with Gasteiger partial charge in [-0.2, -0.15) is 5.10 Å². The standard InChI is InChI=1S/C35H35N9O2/c1-46-29-15-25(35(45)42-20-24-9-10-27(42)31(24)36)13-26-32(29)43(18-22-16-39-44(19-22)30-6-2-3-11-37-30)34(40-26)28-14-23-5-4-12-38-33(23)41(28)17-21-7-8-21/h2-6,11-16,19,21,24,27,31H,7-10,17-18,20,36H2,1H3/t24?,27?,31-/m1/s1. The zero-order chi connectivity index (χ0) is 30.9. The van der Waals surface area contributed by atoms with Crippen molar-refractivity contribution in [1.29, 1.82) is 0 Å². The van der Waals surface area contributed by atoms with E-state index in [1.807, 2.05) is 59.9 Å². The fourth-order valence-electron chi connectivity index (χ4n) is 7.56. The van der Waals surface area contributed by atoms with Crippen LogP contribution >= 0.6 is 0 Å². The quantitative estimate of drug-likeness (QED) is 0.265. The minimum Gasteiger partial charge on any atom is -0.494 e. The largest absolute Gasteiger partial charge is 0.494 e. The molecule has 6 heterocycles. The fourth-order valence-corrected chi connectivity index (χ4v) is 7.56. The maximum Gasteiger partial charge on any atom is 0.254 e. The van der Waals surface area contributed by atoms with Gasteiger partial charge in [0.25, 0.3) is 5.91 Å². The average molecular weight is 614 g/mol. The number of nitrogens with zero attached hydrogens (tertiary/aromatic N) is 8. The minimum atomic E-state index is -0.0114. The number of fused-ring (bicyclic) bond motifs is 4. The van der Waals surface area contributed by atoms with Crippen LogP contribution in [0.2, 0.25) is 0 Å². The first-order valence-corrected chi connectivity index (χ1v) is 16.1. The van der Waals surface area contributed by atoms with Crippen molar-refractivity contribution in [2.24, 2.45) is 17.6 Å². The number of hydrogen-bond donors (Lipinski definition) is 1. The van der Waals surface area contributed by atoms with Crippen LogP contribution in [-0.4, -0.2) is 70.4 Å². The Morgan fingerprint density at radius 3 is 2.67 bits per heavy atom. The first-order chi connectivity index (χ1) is 22.6. The van der Waals surface area contributed by atoms with Crippen LogP contribution in [0.15, 0.2) is 73.3 Å². The Morgan fingerprint density at radius 1 is 1.02 bits per heavy atom. The van der Waals surface area contributed by atoms with Crippen molar-refractivity contribution in [3.63, 3.8) is 0 Å². The van der Waals surface area contributed by atoms with Crippen molar-refractivity contribution >= 4 is 28.0 Å². The lowest BCUT2D eigenvalue weighted by Gasteiger charge is -2.27. The molecule has 5 aromatic heterocycles. The number of imidazole rings is 1. The Bertz CT molecular complexity index is 2110. The number of rotatable bonds is 8. The lowest BCUT2D eigenvalue weighted by atomic mass is 10.1. The summed E-state index contributed by atoms with van der Waals surface area (Å²) in [5.41, 5.74) is 11.5. The Balaban J connectivity index is 1.20. The molecule has 2 aliphatic carbocycles. The summed E-state index contributed by atoms with van der Waals surface area (Å²) < 4.78 is 12.3. The highest BCUT2D eigenvalue weighted by Gasteiger charge is 2.47. The maximum absolute atomic E-state index is 13.9. The van der Waals surface area contributed by atoms with E-state index in [1.165, 1.54) is 12.8 Å². The molecule has 1 saturated heterocycles. The number of likely N-dealkylation sites (tertiary alicyclic amines) is 1. The molecule has 9 rings (SSSR count). The molecule has 11 heteroatoms. The van der Waals surface area contributed by atoms with E-state index in [-0.39, 0.29) is 18.0 Å². The molecule has 2 bridgehead atoms. The van der Waals surface area contributed by atoms with Crippen LogP contribution < -0.4 is 10.5 Å². The van der Waals surface area contributed by atoms with Gasteiger partial charge in [0.05, 0.1) is 31.1 Å². The SMILES string of the molecule is COc1cc(C(=O)N2CC3CCC2[C@@H]3N)cc2nc(-c3cc4cccnc4n3CC3CC3)n(Cc3cnn(-c4ccccn4)c3)c12. The normalized spacial score (nSPS) is 20.7. The number of pyridine rings is 2. The van der Waals surface area contributed by atoms with Crippen LogP contribution in [0, 0.1) is 11.8 Å². The van der Waals surface area contributed by atoms with E-state index < -0.39 is 0 Å². The molecule has 0 radical (unpaired) electrons. The summed E-state index contributed by atoms with van der Waals surface area (Å²) in [5.74, 6) is 3.14. The lowest BCUT2D eigenvalue weighted by Crippen LogP contribution is -2.41. The Labute approximate surface area is 265 Å². The molecule has 11 nitrogen and oxygen atoms in total. The molecular weight excluding hydrogens is 578 g/mol. The number of hydrogen-bond acceptors (Lipinski definition) is 7. The number of methoxy groups -OCH3 is 1. The second-order valence-corrected chi connectivity index (χ2v) is 13.0. The van der Waals surface area contributed by atoms with Gasteiger partial charge in [-0.05, 0) is 80.0 Å². The van der Waals surface area contributed by atoms with Gasteiger partial charge in [0.2, 0.25) is 0 Å². The van der Waals surface area contributed by atoms with Gasteiger partial charge in [-0.1, -0.05) is 6.07 Å². The van der Waals surface area contributed by atoms with Gasteiger partial charge >= 0.3 is 0 Å². The molecule has 2 N–H and O–H groups in total. The van der Waals surface area contributed by atoms with Gasteiger partial charge in [-0.3, -0.25) is 4.79 Å². The predicted octanol–water partition coefficient (Wildman–Crippen LogP) is 4.66. The van der Waals surface area contributed by atoms with E-state index >= 15 is 0 Å². The minimum absolute atomic E-state index is 0.0114. The van der Waals surface area contributed by atoms with Crippen LogP contribution in [0.5, 0.6) is 5.75 Å². The number of carbonyl (C=O) groups is 1. The summed E-state index contributed by atoms with van der Waals surface area (Å²) in [5, 5.41) is 5.68. The third-order valence-corrected chi connectivity index (χ3v) is 10.1. The van der Waals surface area contributed by atoms with Gasteiger partial charge < -0.3 is 24.5 Å². The first-order valence-electron chi connectivity index (χ1n) is 16.1. The number of nitrogens with two attached hydrogens (primary N) is 1. The summed E-state index contributed by atoms with van der Waals surface area (Å²) >= 11 is 0. The summed E-state index contributed by atoms with van der Waals surface area (Å²) in [6.07, 6.45) is 12.0. The highest BCUT2D eigenvalue weighted by atomic mass is 16.5. The number of ether oxygens (including phenoxy) is 1. The van der Waals surface area contributed by atoms with Gasteiger partial charge in [-0.25, -0.2) is 19.6 Å². The monoisotopic (exact) mass is 613 g/mol. The van der Waals surface area contributed by atoms with Crippen molar-refractivity contribution in [2.75, 3.05) is 13.7 Å². The van der Waals surface area contributed by atoms with Crippen LogP contribution in [0.3, 0.4) is 0 Å². The summed E-state index contributed by atoms with van der Waals surface area (Å²) in [6, 6.07) is 15.9. The molecule has 2 saturated carbocycles. The molecular formula is C35H35N9O2. The smallest absolute Gasteiger partial charge is 0.254 e. The predicted molar refractivity (Wildman–Crippen MR) is 174 cm³/mol. The molecule has 6 aromatic rings. The zero-order valence-corrected chi connectivity index (χ0v) is 25.7. The highest BCUT2D eigenvalue weighted by molar-refractivity contribution is 6.00. The van der Waals surface area contributed by atoms with Crippen molar-refractivity contribution in [1.82, 2.24) is 38.8 Å². The van der Waals surface area contributed by atoms with E-state index in [4.69, 9.17) is 20.4 Å². The van der Waals surface area contributed by atoms with Crippen molar-refractivity contribution in [3.05, 3.63) is 84.4 Å². The molecule has 3 aliphatic rings. The van der Waals surface area contributed by atoms with Gasteiger partial charge in [0.15, 0.2) is 11.6 Å². The van der Waals surface area contributed by atoms with E-state index in [0.717, 1.165) is 58.8 Å². The fraction of sp³-hybridized carbons (Fsp3) is 0.343. The molecule has 2 unspecified atom stereocenters. The molecule has 1 amide bonds. The van der Waals surface area contributed by atoms with Crippen LogP contribution in [0.4, 0.5) is 0 Å². The molecule has 0 spiro atoms. The van der Waals surface area contributed by atoms with E-state index in [1.54, 1.807) is 18.0 Å². The van der Waals surface area contributed by atoms with Gasteiger partial charge in [0, 0.05) is 60.3 Å². The van der Waals surface area contributed by atoms with Gasteiger partial charge in [0.1, 0.15) is 16.9 Å². The van der Waals surface area contributed by atoms with Gasteiger partial charge in [-0.15, -0.1) is 0 Å². The maximum atomic E-state index is 13.9. The van der Waals surface area contributed by atoms with Crippen LogP contribution in [0.25, 0.3) is 39.4 Å². The Hall–Kier alpha value is -5.03. The third-order valence-electron chi connectivity index (χ3n) is 10.1. The molecule has 232 valence electrons. The van der Waals surface area contributed by atoms with Crippen molar-refractivity contribution in [2.45, 2.75) is 50.9 Å². The van der Waals surface area contributed by atoms with E-state index in [2.05, 4.69) is 31.3 Å². The average Bonchev–Trinajstić information content (AvgIpc) is 3.40. The highest BCUT2D eigenvalue weighted by Crippen LogP contribution is 2.40. The number of aromatic nitrogens is 7. The van der Waals surface area contributed by atoms with Crippen LogP contribution in [0.1, 0.15) is 41.6 Å². The molecule has 1 aromatic carbocycles. The Kier molecular flexibility index (Phi) is 6.24. The number of carbonyl (C=O) groups excluding carboxylic acids is 1. The number of amides is 1. The molecule has 3 fully saturated rings. The topological polar surface area (TPSA) is 122 Å². The molecule has 46 heavy (non-hydrogen) atoms. The second-order valence-electron chi connectivity index (χ2n) is 13.0. The van der Waals surface area contributed by atoms with Crippen molar-refractivity contribution < 1.29 is 9.53 Å². The zero-order valence-electron chi connectivity index (χ0n) is 25.7. The summed E-state index contributed by atoms with van der Waals surface area (Å²) in [4.78, 5) is 30.4. The third kappa shape index (κ3) is 4.40. The number of piperidine rings is 1. The van der Waals surface area contributed by atoms with E-state index in [0.29, 0.717) is 41.8 Å². The lowest BCUT2D eigenvalue weighted by molar-refractivity contribution is 0.0700. The van der Waals surface area contributed by atoms with E-state index in [9.17, 15) is 4.79 Å².